The van der Waals surface area contributed by atoms with Gasteiger partial charge < -0.3 is 20.5 Å². The number of primary amides is 1. The summed E-state index contributed by atoms with van der Waals surface area (Å²) in [5, 5.41) is 2.06. The van der Waals surface area contributed by atoms with E-state index in [1.54, 1.807) is 0 Å². The molecule has 1 aromatic heterocycles. The average Bonchev–Trinajstić information content (AvgIpc) is 3.03. The number of hydrogen-bond donors (Lipinski definition) is 2. The average molecular weight is 491 g/mol. The first-order chi connectivity index (χ1) is 15.7. The van der Waals surface area contributed by atoms with Crippen molar-refractivity contribution in [3.8, 4) is 5.75 Å². The lowest BCUT2D eigenvalue weighted by molar-refractivity contribution is -0.272. The number of nitrogens with one attached hydrogen (secondary N) is 1. The highest BCUT2D eigenvalue weighted by Crippen LogP contribution is 2.55. The number of ether oxygens (including phenoxy) is 2. The first kappa shape index (κ1) is 25.3. The quantitative estimate of drug-likeness (QED) is 0.622. The first-order valence-electron chi connectivity index (χ1n) is 9.76. The molecule has 0 spiro atoms. The number of carbonyl (C=O) groups is 2. The minimum Gasteiger partial charge on any atom is -0.493 e. The Kier molecular flexibility index (Phi) is 6.53. The van der Waals surface area contributed by atoms with Crippen LogP contribution < -0.4 is 15.8 Å². The molecule has 1 fully saturated rings. The van der Waals surface area contributed by atoms with Gasteiger partial charge in [0.1, 0.15) is 6.10 Å². The fourth-order valence-electron chi connectivity index (χ4n) is 3.96. The van der Waals surface area contributed by atoms with Crippen molar-refractivity contribution in [1.29, 1.82) is 0 Å². The lowest BCUT2D eigenvalue weighted by Gasteiger charge is -2.32. The Labute approximate surface area is 189 Å². The maximum atomic E-state index is 14.5. The van der Waals surface area contributed by atoms with Gasteiger partial charge in [0.2, 0.25) is 5.82 Å². The van der Waals surface area contributed by atoms with Gasteiger partial charge in [0.05, 0.1) is 12.8 Å². The molecule has 0 unspecified atom stereocenters. The Morgan fingerprint density at radius 2 is 1.82 bits per heavy atom. The van der Waals surface area contributed by atoms with E-state index < -0.39 is 76.1 Å². The van der Waals surface area contributed by atoms with Crippen molar-refractivity contribution in [3.05, 3.63) is 53.1 Å². The minimum absolute atomic E-state index is 0.255. The van der Waals surface area contributed by atoms with E-state index in [1.807, 2.05) is 0 Å². The molecule has 13 heteroatoms. The van der Waals surface area contributed by atoms with E-state index in [0.717, 1.165) is 32.4 Å². The number of hydrogen-bond acceptors (Lipinski definition) is 5. The van der Waals surface area contributed by atoms with Crippen molar-refractivity contribution in [3.63, 3.8) is 0 Å². The molecular formula is C21H19F6N3O4. The summed E-state index contributed by atoms with van der Waals surface area (Å²) >= 11 is 0. The Balaban J connectivity index is 2.11. The largest absolute Gasteiger partial charge is 0.493 e. The predicted octanol–water partition coefficient (Wildman–Crippen LogP) is 3.68. The van der Waals surface area contributed by atoms with Crippen LogP contribution in [0.2, 0.25) is 0 Å². The lowest BCUT2D eigenvalue weighted by Crippen LogP contribution is -2.47. The maximum Gasteiger partial charge on any atom is 0.417 e. The number of aromatic nitrogens is 1. The molecule has 1 aliphatic heterocycles. The number of pyridine rings is 1. The normalized spacial score (nSPS) is 24.7. The van der Waals surface area contributed by atoms with Crippen molar-refractivity contribution in [2.45, 2.75) is 37.6 Å². The van der Waals surface area contributed by atoms with Gasteiger partial charge in [-0.25, -0.2) is 13.8 Å². The monoisotopic (exact) mass is 491 g/mol. The minimum atomic E-state index is -4.97. The summed E-state index contributed by atoms with van der Waals surface area (Å²) in [6.07, 6.45) is -5.95. The molecule has 0 saturated carbocycles. The molecule has 2 aromatic rings. The molecule has 3 rings (SSSR count). The Hall–Kier alpha value is -3.35. The van der Waals surface area contributed by atoms with Crippen LogP contribution in [0, 0.1) is 23.4 Å². The Morgan fingerprint density at radius 3 is 2.38 bits per heavy atom. The number of anilines is 1. The van der Waals surface area contributed by atoms with Gasteiger partial charge in [-0.3, -0.25) is 9.59 Å². The number of rotatable bonds is 5. The van der Waals surface area contributed by atoms with Crippen LogP contribution in [0.15, 0.2) is 24.4 Å². The predicted molar refractivity (Wildman–Crippen MR) is 105 cm³/mol. The number of benzene rings is 1. The van der Waals surface area contributed by atoms with E-state index in [-0.39, 0.29) is 5.56 Å². The van der Waals surface area contributed by atoms with Crippen molar-refractivity contribution in [2.24, 2.45) is 11.7 Å². The summed E-state index contributed by atoms with van der Waals surface area (Å²) in [7, 11) is 0.984. The summed E-state index contributed by atoms with van der Waals surface area (Å²) in [6, 6.07) is 2.62. The van der Waals surface area contributed by atoms with Gasteiger partial charge in [-0.15, -0.1) is 0 Å². The summed E-state index contributed by atoms with van der Waals surface area (Å²) in [6.45, 7) is 1.84. The van der Waals surface area contributed by atoms with E-state index >= 15 is 0 Å². The van der Waals surface area contributed by atoms with Crippen LogP contribution in [0.3, 0.4) is 0 Å². The summed E-state index contributed by atoms with van der Waals surface area (Å²) in [5.41, 5.74) is 0.468. The van der Waals surface area contributed by atoms with Crippen molar-refractivity contribution < 1.29 is 45.4 Å². The van der Waals surface area contributed by atoms with Crippen molar-refractivity contribution >= 4 is 17.5 Å². The fraction of sp³-hybridized carbons (Fsp3) is 0.381. The van der Waals surface area contributed by atoms with Gasteiger partial charge in [-0.05, 0) is 19.1 Å². The van der Waals surface area contributed by atoms with Crippen LogP contribution in [-0.4, -0.2) is 41.8 Å². The lowest BCUT2D eigenvalue weighted by atomic mass is 9.77. The van der Waals surface area contributed by atoms with Crippen LogP contribution in [0.25, 0.3) is 0 Å². The van der Waals surface area contributed by atoms with Gasteiger partial charge in [-0.2, -0.15) is 17.6 Å². The SMILES string of the molecule is COc1c([C@@H]2[C@@H](C(=O)Nc3ccnc(C(N)=O)c3F)O[C@@](C)(C(F)(F)F)[C@@H]2C)ccc(F)c1F. The van der Waals surface area contributed by atoms with Crippen LogP contribution in [0.1, 0.15) is 35.8 Å². The summed E-state index contributed by atoms with van der Waals surface area (Å²) in [4.78, 5) is 27.8. The van der Waals surface area contributed by atoms with E-state index in [0.29, 0.717) is 13.0 Å². The zero-order chi connectivity index (χ0) is 25.6. The maximum absolute atomic E-state index is 14.5. The molecule has 0 bridgehead atoms. The van der Waals surface area contributed by atoms with Crippen LogP contribution in [0.4, 0.5) is 32.0 Å². The highest BCUT2D eigenvalue weighted by atomic mass is 19.4. The number of carbonyl (C=O) groups excluding carboxylic acids is 2. The van der Waals surface area contributed by atoms with Crippen LogP contribution in [0.5, 0.6) is 5.75 Å². The molecule has 7 nitrogen and oxygen atoms in total. The summed E-state index contributed by atoms with van der Waals surface area (Å²) < 4.78 is 94.5. The van der Waals surface area contributed by atoms with Crippen LogP contribution in [-0.2, 0) is 9.53 Å². The highest BCUT2D eigenvalue weighted by molar-refractivity contribution is 5.97. The molecular weight excluding hydrogens is 472 g/mol. The Bertz CT molecular complexity index is 1140. The molecule has 2 heterocycles. The number of halogens is 6. The molecule has 184 valence electrons. The zero-order valence-corrected chi connectivity index (χ0v) is 18.0. The van der Waals surface area contributed by atoms with Gasteiger partial charge >= 0.3 is 6.18 Å². The van der Waals surface area contributed by atoms with Gasteiger partial charge in [0.25, 0.3) is 11.8 Å². The topological polar surface area (TPSA) is 104 Å². The van der Waals surface area contributed by atoms with Gasteiger partial charge in [0, 0.05) is 23.6 Å². The van der Waals surface area contributed by atoms with E-state index in [9.17, 15) is 35.9 Å². The molecule has 1 aliphatic rings. The number of nitrogens with two attached hydrogens (primary N) is 1. The molecule has 1 aromatic carbocycles. The highest BCUT2D eigenvalue weighted by Gasteiger charge is 2.66. The molecule has 0 radical (unpaired) electrons. The first-order valence-corrected chi connectivity index (χ1v) is 9.76. The second-order valence-corrected chi connectivity index (χ2v) is 7.82. The van der Waals surface area contributed by atoms with E-state index in [1.165, 1.54) is 0 Å². The third-order valence-corrected chi connectivity index (χ3v) is 5.95. The molecule has 1 saturated heterocycles. The fourth-order valence-corrected chi connectivity index (χ4v) is 3.96. The summed E-state index contributed by atoms with van der Waals surface area (Å²) in [5.74, 6) is -10.2. The molecule has 34 heavy (non-hydrogen) atoms. The Morgan fingerprint density at radius 1 is 1.18 bits per heavy atom. The number of amides is 2. The van der Waals surface area contributed by atoms with E-state index in [2.05, 4.69) is 10.3 Å². The van der Waals surface area contributed by atoms with Gasteiger partial charge in [0.15, 0.2) is 28.7 Å². The molecule has 2 amide bonds. The number of methoxy groups -OCH3 is 1. The van der Waals surface area contributed by atoms with Gasteiger partial charge in [-0.1, -0.05) is 13.0 Å². The number of nitrogens with zero attached hydrogens (tertiary/aromatic N) is 1. The third kappa shape index (κ3) is 4.04. The molecule has 3 N–H and O–H groups in total. The second-order valence-electron chi connectivity index (χ2n) is 7.82. The van der Waals surface area contributed by atoms with Crippen molar-refractivity contribution in [1.82, 2.24) is 4.98 Å². The standard InChI is InChI=1S/C21H19F6N3O4/c1-8-12(9-4-5-10(22)13(23)16(9)33-3)17(34-20(8,2)21(25,26)27)19(32)30-11-6-7-29-15(14(11)24)18(28)31/h4-8,12,17H,1-3H3,(H2,28,31)(H,29,30,32)/t8-,12-,17+,20-/m1/s1. The molecule has 0 aliphatic carbocycles. The second kappa shape index (κ2) is 8.78. The number of alkyl halides is 3. The smallest absolute Gasteiger partial charge is 0.417 e. The van der Waals surface area contributed by atoms with Crippen LogP contribution >= 0.6 is 0 Å². The molecule has 4 atom stereocenters. The van der Waals surface area contributed by atoms with E-state index in [4.69, 9.17) is 15.2 Å². The zero-order valence-electron chi connectivity index (χ0n) is 18.0. The third-order valence-electron chi connectivity index (χ3n) is 5.95. The van der Waals surface area contributed by atoms with Crippen molar-refractivity contribution in [2.75, 3.05) is 12.4 Å².